The van der Waals surface area contributed by atoms with E-state index in [2.05, 4.69) is 15.0 Å². The van der Waals surface area contributed by atoms with E-state index in [4.69, 9.17) is 11.6 Å². The first kappa shape index (κ1) is 19.4. The van der Waals surface area contributed by atoms with Crippen LogP contribution in [0.4, 0.5) is 0 Å². The average molecular weight is 382 g/mol. The van der Waals surface area contributed by atoms with Gasteiger partial charge in [0, 0.05) is 24.0 Å². The Morgan fingerprint density at radius 3 is 2.60 bits per heavy atom. The number of hydrogen-bond acceptors (Lipinski definition) is 4. The van der Waals surface area contributed by atoms with Crippen molar-refractivity contribution >= 4 is 27.5 Å². The second kappa shape index (κ2) is 8.42. The molecule has 0 aliphatic rings. The van der Waals surface area contributed by atoms with Crippen molar-refractivity contribution in [2.24, 2.45) is 5.92 Å². The van der Waals surface area contributed by atoms with Crippen LogP contribution in [0.25, 0.3) is 0 Å². The number of carbonyl (C=O) groups excluding carboxylic acids is 1. The van der Waals surface area contributed by atoms with E-state index in [1.165, 1.54) is 12.1 Å². The van der Waals surface area contributed by atoms with E-state index >= 15 is 0 Å². The fourth-order valence-corrected chi connectivity index (χ4v) is 3.81. The van der Waals surface area contributed by atoms with Gasteiger partial charge >= 0.3 is 0 Å². The summed E-state index contributed by atoms with van der Waals surface area (Å²) in [6.07, 6.45) is 3.28. The minimum Gasteiger partial charge on any atom is -0.351 e. The second-order valence-corrected chi connectivity index (χ2v) is 8.03. The van der Waals surface area contributed by atoms with Crippen molar-refractivity contribution in [3.8, 4) is 0 Å². The predicted molar refractivity (Wildman–Crippen MR) is 96.5 cm³/mol. The van der Waals surface area contributed by atoms with Crippen molar-refractivity contribution < 1.29 is 13.2 Å². The number of aromatic nitrogens is 1. The van der Waals surface area contributed by atoms with Crippen LogP contribution < -0.4 is 10.0 Å². The third kappa shape index (κ3) is 5.52. The molecule has 1 aromatic carbocycles. The lowest BCUT2D eigenvalue weighted by Crippen LogP contribution is -2.49. The predicted octanol–water partition coefficient (Wildman–Crippen LogP) is 2.35. The van der Waals surface area contributed by atoms with Crippen molar-refractivity contribution in [1.29, 1.82) is 0 Å². The van der Waals surface area contributed by atoms with Gasteiger partial charge in [-0.15, -0.1) is 0 Å². The fraction of sp³-hybridized carbons (Fsp3) is 0.294. The maximum atomic E-state index is 12.5. The number of sulfonamides is 1. The number of pyridine rings is 1. The maximum absolute atomic E-state index is 12.5. The van der Waals surface area contributed by atoms with Gasteiger partial charge in [-0.2, -0.15) is 4.72 Å². The minimum absolute atomic E-state index is 0.0192. The molecule has 2 aromatic rings. The van der Waals surface area contributed by atoms with Crippen LogP contribution in [0.1, 0.15) is 19.4 Å². The van der Waals surface area contributed by atoms with Crippen LogP contribution in [0.3, 0.4) is 0 Å². The highest BCUT2D eigenvalue weighted by Gasteiger charge is 2.28. The Labute approximate surface area is 152 Å². The monoisotopic (exact) mass is 381 g/mol. The van der Waals surface area contributed by atoms with Gasteiger partial charge in [0.2, 0.25) is 15.9 Å². The highest BCUT2D eigenvalue weighted by atomic mass is 35.5. The summed E-state index contributed by atoms with van der Waals surface area (Å²) < 4.78 is 27.5. The van der Waals surface area contributed by atoms with Gasteiger partial charge in [-0.1, -0.05) is 37.6 Å². The Balaban J connectivity index is 2.10. The first-order valence-electron chi connectivity index (χ1n) is 7.74. The van der Waals surface area contributed by atoms with Crippen LogP contribution in [-0.2, 0) is 21.4 Å². The smallest absolute Gasteiger partial charge is 0.241 e. The minimum atomic E-state index is -3.86. The number of benzene rings is 1. The van der Waals surface area contributed by atoms with Gasteiger partial charge in [0.25, 0.3) is 0 Å². The molecular weight excluding hydrogens is 362 g/mol. The number of carbonyl (C=O) groups is 1. The summed E-state index contributed by atoms with van der Waals surface area (Å²) >= 11 is 5.85. The Morgan fingerprint density at radius 2 is 2.00 bits per heavy atom. The molecule has 0 bridgehead atoms. The zero-order valence-corrected chi connectivity index (χ0v) is 15.5. The molecule has 25 heavy (non-hydrogen) atoms. The lowest BCUT2D eigenvalue weighted by Gasteiger charge is -2.21. The van der Waals surface area contributed by atoms with Crippen LogP contribution in [-0.4, -0.2) is 25.4 Å². The topological polar surface area (TPSA) is 88.2 Å². The molecule has 1 atom stereocenters. The van der Waals surface area contributed by atoms with Crippen LogP contribution >= 0.6 is 11.6 Å². The van der Waals surface area contributed by atoms with E-state index in [9.17, 15) is 13.2 Å². The average Bonchev–Trinajstić information content (AvgIpc) is 2.58. The Hall–Kier alpha value is -1.96. The van der Waals surface area contributed by atoms with E-state index in [0.717, 1.165) is 5.56 Å². The normalized spacial score (nSPS) is 12.8. The zero-order chi connectivity index (χ0) is 18.4. The number of nitrogens with one attached hydrogen (secondary N) is 2. The summed E-state index contributed by atoms with van der Waals surface area (Å²) in [5.41, 5.74) is 0.830. The van der Waals surface area contributed by atoms with Gasteiger partial charge in [-0.25, -0.2) is 8.42 Å². The molecular formula is C17H20ClN3O3S. The van der Waals surface area contributed by atoms with Gasteiger partial charge in [-0.05, 0) is 35.7 Å². The van der Waals surface area contributed by atoms with Crippen molar-refractivity contribution in [2.45, 2.75) is 31.3 Å². The summed E-state index contributed by atoms with van der Waals surface area (Å²) in [5, 5.41) is 3.04. The lowest BCUT2D eigenvalue weighted by atomic mass is 10.0. The number of amides is 1. The van der Waals surface area contributed by atoms with Gasteiger partial charge in [0.15, 0.2) is 0 Å². The Morgan fingerprint density at radius 1 is 1.24 bits per heavy atom. The molecule has 0 saturated heterocycles. The van der Waals surface area contributed by atoms with Gasteiger partial charge in [0.1, 0.15) is 6.04 Å². The summed E-state index contributed by atoms with van der Waals surface area (Å²) in [6, 6.07) is 8.59. The van der Waals surface area contributed by atoms with E-state index in [1.807, 2.05) is 6.07 Å². The highest BCUT2D eigenvalue weighted by molar-refractivity contribution is 7.89. The molecule has 0 unspecified atom stereocenters. The number of hydrogen-bond donors (Lipinski definition) is 2. The number of nitrogens with zero attached hydrogens (tertiary/aromatic N) is 1. The van der Waals surface area contributed by atoms with Crippen LogP contribution in [0.5, 0.6) is 0 Å². The van der Waals surface area contributed by atoms with E-state index < -0.39 is 22.0 Å². The third-order valence-corrected chi connectivity index (χ3v) is 5.20. The molecule has 0 saturated carbocycles. The van der Waals surface area contributed by atoms with Crippen molar-refractivity contribution in [3.05, 3.63) is 59.4 Å². The molecule has 1 aromatic heterocycles. The Kier molecular flexibility index (Phi) is 6.52. The summed E-state index contributed by atoms with van der Waals surface area (Å²) in [4.78, 5) is 16.4. The molecule has 0 radical (unpaired) electrons. The number of halogens is 1. The third-order valence-electron chi connectivity index (χ3n) is 3.53. The van der Waals surface area contributed by atoms with Crippen molar-refractivity contribution in [3.63, 3.8) is 0 Å². The van der Waals surface area contributed by atoms with Crippen LogP contribution in [0.15, 0.2) is 53.7 Å². The van der Waals surface area contributed by atoms with Gasteiger partial charge in [-0.3, -0.25) is 9.78 Å². The lowest BCUT2D eigenvalue weighted by molar-refractivity contribution is -0.123. The van der Waals surface area contributed by atoms with Crippen LogP contribution in [0.2, 0.25) is 5.02 Å². The van der Waals surface area contributed by atoms with E-state index in [0.29, 0.717) is 5.02 Å². The van der Waals surface area contributed by atoms with Crippen molar-refractivity contribution in [1.82, 2.24) is 15.0 Å². The molecule has 6 nitrogen and oxygen atoms in total. The second-order valence-electron chi connectivity index (χ2n) is 5.88. The molecule has 0 aliphatic carbocycles. The molecule has 2 N–H and O–H groups in total. The van der Waals surface area contributed by atoms with E-state index in [-0.39, 0.29) is 17.4 Å². The quantitative estimate of drug-likeness (QED) is 0.770. The highest BCUT2D eigenvalue weighted by Crippen LogP contribution is 2.17. The molecule has 2 rings (SSSR count). The molecule has 0 spiro atoms. The summed E-state index contributed by atoms with van der Waals surface area (Å²) in [6.45, 7) is 3.82. The van der Waals surface area contributed by atoms with Gasteiger partial charge in [0.05, 0.1) is 4.90 Å². The molecule has 1 heterocycles. The summed E-state index contributed by atoms with van der Waals surface area (Å²) in [5.74, 6) is -0.632. The first-order valence-corrected chi connectivity index (χ1v) is 9.60. The molecule has 0 fully saturated rings. The molecule has 134 valence electrons. The van der Waals surface area contributed by atoms with Crippen molar-refractivity contribution in [2.75, 3.05) is 0 Å². The van der Waals surface area contributed by atoms with Gasteiger partial charge < -0.3 is 5.32 Å². The first-order chi connectivity index (χ1) is 11.8. The zero-order valence-electron chi connectivity index (χ0n) is 13.9. The number of rotatable bonds is 7. The Bertz CT molecular complexity index is 826. The maximum Gasteiger partial charge on any atom is 0.241 e. The molecule has 0 aliphatic heterocycles. The molecule has 1 amide bonds. The van der Waals surface area contributed by atoms with E-state index in [1.54, 1.807) is 44.4 Å². The largest absolute Gasteiger partial charge is 0.351 e. The van der Waals surface area contributed by atoms with Crippen LogP contribution in [0, 0.1) is 5.92 Å². The fourth-order valence-electron chi connectivity index (χ4n) is 2.16. The summed E-state index contributed by atoms with van der Waals surface area (Å²) in [7, 11) is -3.86. The SMILES string of the molecule is CC(C)[C@@H](NS(=O)(=O)c1cccc(Cl)c1)C(=O)NCc1cccnc1. The molecule has 8 heteroatoms. The standard InChI is InChI=1S/C17H20ClN3O3S/c1-12(2)16(17(22)20-11-13-5-4-8-19-10-13)21-25(23,24)15-7-3-6-14(18)9-15/h3-10,12,16,21H,11H2,1-2H3,(H,20,22)/t16-/m1/s1.